The molecule has 2 heterocycles. The van der Waals surface area contributed by atoms with Gasteiger partial charge in [-0.05, 0) is 64.7 Å². The van der Waals surface area contributed by atoms with Crippen molar-refractivity contribution in [1.29, 1.82) is 0 Å². The van der Waals surface area contributed by atoms with Gasteiger partial charge < -0.3 is 4.74 Å². The first-order valence-electron chi connectivity index (χ1n) is 8.70. The highest BCUT2D eigenvalue weighted by Gasteiger charge is 2.49. The highest BCUT2D eigenvalue weighted by Crippen LogP contribution is 2.51. The zero-order valence-electron chi connectivity index (χ0n) is 13.2. The molecule has 23 heavy (non-hydrogen) atoms. The van der Waals surface area contributed by atoms with Crippen LogP contribution in [0.25, 0.3) is 6.08 Å². The lowest BCUT2D eigenvalue weighted by atomic mass is 9.60. The number of allylic oxidation sites excluding steroid dienone is 1. The number of hydrogen-bond donors (Lipinski definition) is 0. The molecule has 0 unspecified atom stereocenters. The summed E-state index contributed by atoms with van der Waals surface area (Å²) in [4.78, 5) is 16.2. The maximum absolute atomic E-state index is 11.8. The Hall–Kier alpha value is -1.16. The Balaban J connectivity index is 1.59. The predicted octanol–water partition coefficient (Wildman–Crippen LogP) is 4.62. The van der Waals surface area contributed by atoms with Crippen molar-refractivity contribution in [2.45, 2.75) is 44.6 Å². The summed E-state index contributed by atoms with van der Waals surface area (Å²) >= 11 is 3.42. The van der Waals surface area contributed by atoms with E-state index in [0.717, 1.165) is 22.5 Å². The molecule has 4 heteroatoms. The van der Waals surface area contributed by atoms with Crippen molar-refractivity contribution in [3.8, 4) is 0 Å². The van der Waals surface area contributed by atoms with Crippen LogP contribution in [0.2, 0.25) is 0 Å². The van der Waals surface area contributed by atoms with E-state index in [1.807, 2.05) is 18.3 Å². The molecule has 1 aromatic rings. The third-order valence-corrected chi connectivity index (χ3v) is 6.36. The largest absolute Gasteiger partial charge is 0.462 e. The molecule has 0 aromatic carbocycles. The predicted molar refractivity (Wildman–Crippen MR) is 92.5 cm³/mol. The van der Waals surface area contributed by atoms with Gasteiger partial charge in [0.25, 0.3) is 0 Å². The SMILES string of the molecule is O=C1C[C@@H]2[C@@H](C=Cc3ccc(Br)cn3)[C@@H]3CCCC[C@H]3C[C@@H]2O1. The molecule has 3 aliphatic rings. The minimum atomic E-state index is -0.00110. The quantitative estimate of drug-likeness (QED) is 0.708. The molecule has 1 aromatic heterocycles. The maximum atomic E-state index is 11.8. The summed E-state index contributed by atoms with van der Waals surface area (Å²) in [5, 5.41) is 0. The van der Waals surface area contributed by atoms with Gasteiger partial charge in [-0.2, -0.15) is 0 Å². The molecule has 1 saturated heterocycles. The van der Waals surface area contributed by atoms with Crippen LogP contribution in [0, 0.1) is 23.7 Å². The lowest BCUT2D eigenvalue weighted by molar-refractivity contribution is -0.143. The summed E-state index contributed by atoms with van der Waals surface area (Å²) in [6, 6.07) is 4.04. The number of nitrogens with zero attached hydrogens (tertiary/aromatic N) is 1. The molecule has 3 nitrogen and oxygen atoms in total. The van der Waals surface area contributed by atoms with E-state index >= 15 is 0 Å². The van der Waals surface area contributed by atoms with Crippen LogP contribution >= 0.6 is 15.9 Å². The molecular formula is C19H22BrNO2. The van der Waals surface area contributed by atoms with Crippen molar-refractivity contribution in [3.05, 3.63) is 34.6 Å². The molecule has 0 radical (unpaired) electrons. The summed E-state index contributed by atoms with van der Waals surface area (Å²) in [6.07, 6.45) is 13.4. The Morgan fingerprint density at radius 3 is 2.91 bits per heavy atom. The van der Waals surface area contributed by atoms with Crippen LogP contribution in [0.4, 0.5) is 0 Å². The van der Waals surface area contributed by atoms with Crippen LogP contribution < -0.4 is 0 Å². The first-order chi connectivity index (χ1) is 11.2. The lowest BCUT2D eigenvalue weighted by Gasteiger charge is -2.45. The van der Waals surface area contributed by atoms with Crippen molar-refractivity contribution < 1.29 is 9.53 Å². The number of fused-ring (bicyclic) bond motifs is 2. The van der Waals surface area contributed by atoms with Crippen molar-refractivity contribution in [3.63, 3.8) is 0 Å². The zero-order valence-corrected chi connectivity index (χ0v) is 14.7. The normalized spacial score (nSPS) is 36.6. The van der Waals surface area contributed by atoms with Gasteiger partial charge >= 0.3 is 5.97 Å². The summed E-state index contributed by atoms with van der Waals surface area (Å²) in [7, 11) is 0. The second-order valence-corrected chi connectivity index (χ2v) is 8.09. The Morgan fingerprint density at radius 1 is 1.22 bits per heavy atom. The van der Waals surface area contributed by atoms with Crippen LogP contribution in [0.15, 0.2) is 28.9 Å². The minimum Gasteiger partial charge on any atom is -0.462 e. The lowest BCUT2D eigenvalue weighted by Crippen LogP contribution is -2.41. The molecule has 4 rings (SSSR count). The molecule has 122 valence electrons. The van der Waals surface area contributed by atoms with E-state index < -0.39 is 0 Å². The fourth-order valence-corrected chi connectivity index (χ4v) is 5.10. The van der Waals surface area contributed by atoms with Gasteiger partial charge in [-0.15, -0.1) is 0 Å². The minimum absolute atomic E-state index is 0.00110. The van der Waals surface area contributed by atoms with E-state index in [2.05, 4.69) is 33.1 Å². The first-order valence-corrected chi connectivity index (χ1v) is 9.49. The number of carbonyl (C=O) groups excluding carboxylic acids is 1. The molecule has 1 aliphatic heterocycles. The third kappa shape index (κ3) is 3.10. The Bertz CT molecular complexity index is 612. The van der Waals surface area contributed by atoms with Crippen LogP contribution in [0.5, 0.6) is 0 Å². The Kier molecular flexibility index (Phi) is 4.27. The average molecular weight is 376 g/mol. The highest BCUT2D eigenvalue weighted by molar-refractivity contribution is 9.10. The summed E-state index contributed by atoms with van der Waals surface area (Å²) in [6.45, 7) is 0. The molecule has 3 fully saturated rings. The fourth-order valence-electron chi connectivity index (χ4n) is 4.87. The number of rotatable bonds is 2. The smallest absolute Gasteiger partial charge is 0.306 e. The number of hydrogen-bond acceptors (Lipinski definition) is 3. The molecule has 5 atom stereocenters. The number of carbonyl (C=O) groups is 1. The van der Waals surface area contributed by atoms with E-state index in [1.165, 1.54) is 25.7 Å². The second-order valence-electron chi connectivity index (χ2n) is 7.18. The molecule has 0 amide bonds. The summed E-state index contributed by atoms with van der Waals surface area (Å²) in [5.74, 6) is 2.26. The summed E-state index contributed by atoms with van der Waals surface area (Å²) < 4.78 is 6.61. The number of ether oxygens (including phenoxy) is 1. The van der Waals surface area contributed by atoms with Gasteiger partial charge in [0, 0.05) is 16.6 Å². The van der Waals surface area contributed by atoms with Gasteiger partial charge in [-0.1, -0.05) is 25.3 Å². The van der Waals surface area contributed by atoms with E-state index in [-0.39, 0.29) is 12.1 Å². The van der Waals surface area contributed by atoms with Crippen LogP contribution in [-0.2, 0) is 9.53 Å². The Labute approximate surface area is 145 Å². The topological polar surface area (TPSA) is 39.2 Å². The molecule has 2 saturated carbocycles. The van der Waals surface area contributed by atoms with E-state index in [9.17, 15) is 4.79 Å². The number of halogens is 1. The van der Waals surface area contributed by atoms with Gasteiger partial charge in [0.1, 0.15) is 6.10 Å². The van der Waals surface area contributed by atoms with Crippen LogP contribution in [0.3, 0.4) is 0 Å². The molecule has 0 bridgehead atoms. The molecular weight excluding hydrogens is 354 g/mol. The monoisotopic (exact) mass is 375 g/mol. The molecule has 0 spiro atoms. The van der Waals surface area contributed by atoms with E-state index in [0.29, 0.717) is 24.2 Å². The van der Waals surface area contributed by atoms with Crippen molar-refractivity contribution in [2.24, 2.45) is 23.7 Å². The van der Waals surface area contributed by atoms with E-state index in [1.54, 1.807) is 0 Å². The van der Waals surface area contributed by atoms with Gasteiger partial charge in [0.2, 0.25) is 0 Å². The number of esters is 1. The van der Waals surface area contributed by atoms with Crippen LogP contribution in [0.1, 0.15) is 44.2 Å². The van der Waals surface area contributed by atoms with Gasteiger partial charge in [-0.3, -0.25) is 9.78 Å². The van der Waals surface area contributed by atoms with E-state index in [4.69, 9.17) is 4.74 Å². The van der Waals surface area contributed by atoms with Crippen molar-refractivity contribution in [2.75, 3.05) is 0 Å². The standard InChI is InChI=1S/C19H22BrNO2/c20-13-5-6-14(21-11-13)7-8-16-15-4-2-1-3-12(15)9-18-17(16)10-19(22)23-18/h5-8,11-12,15-18H,1-4,9-10H2/t12-,15+,16-,17+,18-/m0/s1. The molecule has 0 N–H and O–H groups in total. The fraction of sp³-hybridized carbons (Fsp3) is 0.579. The van der Waals surface area contributed by atoms with Gasteiger partial charge in [0.05, 0.1) is 12.1 Å². The molecule has 2 aliphatic carbocycles. The van der Waals surface area contributed by atoms with Crippen LogP contribution in [-0.4, -0.2) is 17.1 Å². The first kappa shape index (κ1) is 15.4. The van der Waals surface area contributed by atoms with Gasteiger partial charge in [-0.25, -0.2) is 0 Å². The average Bonchev–Trinajstić information content (AvgIpc) is 2.93. The maximum Gasteiger partial charge on any atom is 0.306 e. The second kappa shape index (κ2) is 6.39. The third-order valence-electron chi connectivity index (χ3n) is 5.89. The van der Waals surface area contributed by atoms with Crippen molar-refractivity contribution in [1.82, 2.24) is 4.98 Å². The number of pyridine rings is 1. The van der Waals surface area contributed by atoms with Crippen molar-refractivity contribution >= 4 is 28.0 Å². The highest BCUT2D eigenvalue weighted by atomic mass is 79.9. The van der Waals surface area contributed by atoms with Gasteiger partial charge in [0.15, 0.2) is 0 Å². The Morgan fingerprint density at radius 2 is 2.09 bits per heavy atom. The zero-order chi connectivity index (χ0) is 15.8. The number of aromatic nitrogens is 1. The summed E-state index contributed by atoms with van der Waals surface area (Å²) in [5.41, 5.74) is 0.980.